The third kappa shape index (κ3) is 2.90. The van der Waals surface area contributed by atoms with Crippen molar-refractivity contribution in [3.63, 3.8) is 0 Å². The average molecular weight is 288 g/mol. The monoisotopic (exact) mass is 287 g/mol. The van der Waals surface area contributed by atoms with Crippen LogP contribution in [0, 0.1) is 0 Å². The average Bonchev–Trinajstić information content (AvgIpc) is 2.85. The molecule has 1 aliphatic rings. The first-order chi connectivity index (χ1) is 8.61. The molecule has 1 aromatic carbocycles. The molecule has 0 amide bonds. The largest absolute Gasteiger partial charge is 0.465 e. The summed E-state index contributed by atoms with van der Waals surface area (Å²) in [5.41, 5.74) is 1.00. The summed E-state index contributed by atoms with van der Waals surface area (Å²) < 4.78 is 4.69. The van der Waals surface area contributed by atoms with Gasteiger partial charge in [-0.1, -0.05) is 36.0 Å². The van der Waals surface area contributed by atoms with Gasteiger partial charge in [0.25, 0.3) is 0 Å². The second-order valence-corrected chi connectivity index (χ2v) is 5.25. The van der Waals surface area contributed by atoms with Gasteiger partial charge in [-0.3, -0.25) is 0 Å². The van der Waals surface area contributed by atoms with E-state index in [1.54, 1.807) is 6.07 Å². The van der Waals surface area contributed by atoms with Crippen LogP contribution in [0.3, 0.4) is 0 Å². The Hall–Kier alpha value is -0.930. The fourth-order valence-electron chi connectivity index (χ4n) is 2.24. The smallest absolute Gasteiger partial charge is 0.339 e. The van der Waals surface area contributed by atoms with E-state index in [1.165, 1.54) is 26.0 Å². The van der Waals surface area contributed by atoms with Crippen molar-refractivity contribution in [2.45, 2.75) is 31.7 Å². The molecule has 0 atom stereocenters. The van der Waals surface area contributed by atoms with E-state index in [0.29, 0.717) is 27.3 Å². The maximum atomic E-state index is 11.6. The van der Waals surface area contributed by atoms with Crippen LogP contribution in [-0.2, 0) is 4.74 Å². The van der Waals surface area contributed by atoms with Crippen LogP contribution < -0.4 is 5.32 Å². The molecule has 5 heteroatoms. The normalized spacial score (nSPS) is 15.7. The third-order valence-corrected chi connectivity index (χ3v) is 3.78. The maximum absolute atomic E-state index is 11.6. The predicted octanol–water partition coefficient (Wildman–Crippen LogP) is 4.13. The lowest BCUT2D eigenvalue weighted by atomic mass is 10.1. The topological polar surface area (TPSA) is 38.3 Å². The Bertz CT molecular complexity index is 457. The molecule has 1 fully saturated rings. The Morgan fingerprint density at radius 1 is 1.33 bits per heavy atom. The Kier molecular flexibility index (Phi) is 4.36. The second-order valence-electron chi connectivity index (χ2n) is 4.43. The van der Waals surface area contributed by atoms with E-state index < -0.39 is 5.97 Å². The Morgan fingerprint density at radius 2 is 2.00 bits per heavy atom. The van der Waals surface area contributed by atoms with Crippen LogP contribution in [0.5, 0.6) is 0 Å². The lowest BCUT2D eigenvalue weighted by molar-refractivity contribution is 0.0601. The van der Waals surface area contributed by atoms with Gasteiger partial charge in [0.2, 0.25) is 0 Å². The molecule has 1 N–H and O–H groups in total. The summed E-state index contributed by atoms with van der Waals surface area (Å²) in [6, 6.07) is 3.68. The molecule has 18 heavy (non-hydrogen) atoms. The molecular formula is C13H15Cl2NO2. The van der Waals surface area contributed by atoms with Gasteiger partial charge >= 0.3 is 5.97 Å². The summed E-state index contributed by atoms with van der Waals surface area (Å²) in [6.45, 7) is 0. The van der Waals surface area contributed by atoms with Gasteiger partial charge in [-0.15, -0.1) is 0 Å². The van der Waals surface area contributed by atoms with E-state index in [1.807, 2.05) is 0 Å². The lowest BCUT2D eigenvalue weighted by Crippen LogP contribution is -2.15. The van der Waals surface area contributed by atoms with Gasteiger partial charge in [-0.05, 0) is 25.0 Å². The SMILES string of the molecule is COC(=O)c1cc(Cl)cc(NC2CCCC2)c1Cl. The number of methoxy groups -OCH3 is 1. The zero-order valence-electron chi connectivity index (χ0n) is 10.1. The Labute approximate surface area is 116 Å². The van der Waals surface area contributed by atoms with Crippen LogP contribution in [0.4, 0.5) is 5.69 Å². The van der Waals surface area contributed by atoms with Gasteiger partial charge < -0.3 is 10.1 Å². The lowest BCUT2D eigenvalue weighted by Gasteiger charge is -2.16. The van der Waals surface area contributed by atoms with Gasteiger partial charge in [0.05, 0.1) is 23.4 Å². The summed E-state index contributed by atoms with van der Waals surface area (Å²) in [6.07, 6.45) is 4.69. The number of esters is 1. The van der Waals surface area contributed by atoms with E-state index in [4.69, 9.17) is 23.2 Å². The first-order valence-electron chi connectivity index (χ1n) is 5.95. The van der Waals surface area contributed by atoms with Gasteiger partial charge in [-0.2, -0.15) is 0 Å². The van der Waals surface area contributed by atoms with Crippen molar-refractivity contribution in [2.75, 3.05) is 12.4 Å². The van der Waals surface area contributed by atoms with E-state index in [-0.39, 0.29) is 0 Å². The first kappa shape index (κ1) is 13.5. The highest BCUT2D eigenvalue weighted by Crippen LogP contribution is 2.33. The molecule has 0 unspecified atom stereocenters. The van der Waals surface area contributed by atoms with Crippen molar-refractivity contribution in [1.29, 1.82) is 0 Å². The van der Waals surface area contributed by atoms with Crippen molar-refractivity contribution in [1.82, 2.24) is 0 Å². The molecule has 1 saturated carbocycles. The van der Waals surface area contributed by atoms with E-state index >= 15 is 0 Å². The Morgan fingerprint density at radius 3 is 2.61 bits per heavy atom. The highest BCUT2D eigenvalue weighted by molar-refractivity contribution is 6.38. The van der Waals surface area contributed by atoms with Crippen LogP contribution in [0.25, 0.3) is 0 Å². The standard InChI is InChI=1S/C13H15Cl2NO2/c1-18-13(17)10-6-8(14)7-11(12(10)15)16-9-4-2-3-5-9/h6-7,9,16H,2-5H2,1H3. The minimum atomic E-state index is -0.475. The van der Waals surface area contributed by atoms with Gasteiger partial charge in [-0.25, -0.2) is 4.79 Å². The molecule has 0 aromatic heterocycles. The quantitative estimate of drug-likeness (QED) is 0.850. The third-order valence-electron chi connectivity index (χ3n) is 3.16. The molecule has 1 aliphatic carbocycles. The number of anilines is 1. The molecule has 0 spiro atoms. The fraction of sp³-hybridized carbons (Fsp3) is 0.462. The van der Waals surface area contributed by atoms with Crippen LogP contribution >= 0.6 is 23.2 Å². The summed E-state index contributed by atoms with van der Waals surface area (Å²) in [7, 11) is 1.32. The van der Waals surface area contributed by atoms with Crippen molar-refractivity contribution >= 4 is 34.9 Å². The summed E-state index contributed by atoms with van der Waals surface area (Å²) >= 11 is 12.2. The van der Waals surface area contributed by atoms with Crippen molar-refractivity contribution in [2.24, 2.45) is 0 Å². The number of hydrogen-bond donors (Lipinski definition) is 1. The molecule has 0 radical (unpaired) electrons. The fourth-order valence-corrected chi connectivity index (χ4v) is 2.70. The first-order valence-corrected chi connectivity index (χ1v) is 6.71. The minimum Gasteiger partial charge on any atom is -0.465 e. The molecule has 2 rings (SSSR count). The number of ether oxygens (including phenoxy) is 1. The minimum absolute atomic E-state index is 0.298. The van der Waals surface area contributed by atoms with E-state index in [9.17, 15) is 4.79 Å². The second kappa shape index (κ2) is 5.81. The molecule has 0 saturated heterocycles. The molecule has 1 aromatic rings. The number of carbonyl (C=O) groups is 1. The van der Waals surface area contributed by atoms with Crippen LogP contribution in [0.15, 0.2) is 12.1 Å². The highest BCUT2D eigenvalue weighted by atomic mass is 35.5. The maximum Gasteiger partial charge on any atom is 0.339 e. The number of nitrogens with one attached hydrogen (secondary N) is 1. The van der Waals surface area contributed by atoms with Crippen molar-refractivity contribution < 1.29 is 9.53 Å². The van der Waals surface area contributed by atoms with Crippen molar-refractivity contribution in [3.05, 3.63) is 27.7 Å². The van der Waals surface area contributed by atoms with E-state index in [2.05, 4.69) is 10.1 Å². The molecule has 0 aliphatic heterocycles. The molecule has 0 bridgehead atoms. The molecular weight excluding hydrogens is 273 g/mol. The van der Waals surface area contributed by atoms with Gasteiger partial charge in [0, 0.05) is 11.1 Å². The number of rotatable bonds is 3. The van der Waals surface area contributed by atoms with E-state index in [0.717, 1.165) is 12.8 Å². The number of benzene rings is 1. The van der Waals surface area contributed by atoms with Crippen molar-refractivity contribution in [3.8, 4) is 0 Å². The highest BCUT2D eigenvalue weighted by Gasteiger charge is 2.19. The number of halogens is 2. The number of carbonyl (C=O) groups excluding carboxylic acids is 1. The van der Waals surface area contributed by atoms with Crippen LogP contribution in [-0.4, -0.2) is 19.1 Å². The zero-order chi connectivity index (χ0) is 13.1. The van der Waals surface area contributed by atoms with Crippen LogP contribution in [0.1, 0.15) is 36.0 Å². The molecule has 98 valence electrons. The summed E-state index contributed by atoms with van der Waals surface area (Å²) in [5, 5.41) is 4.19. The number of hydrogen-bond acceptors (Lipinski definition) is 3. The predicted molar refractivity (Wildman–Crippen MR) is 73.7 cm³/mol. The molecule has 3 nitrogen and oxygen atoms in total. The molecule has 0 heterocycles. The summed E-state index contributed by atoms with van der Waals surface area (Å²) in [5.74, 6) is -0.475. The van der Waals surface area contributed by atoms with Gasteiger partial charge in [0.1, 0.15) is 0 Å². The Balaban J connectivity index is 2.28. The van der Waals surface area contributed by atoms with Crippen LogP contribution in [0.2, 0.25) is 10.0 Å². The zero-order valence-corrected chi connectivity index (χ0v) is 11.6. The summed E-state index contributed by atoms with van der Waals surface area (Å²) in [4.78, 5) is 11.6. The van der Waals surface area contributed by atoms with Gasteiger partial charge in [0.15, 0.2) is 0 Å².